The molecule has 0 saturated heterocycles. The molecule has 0 aliphatic rings. The molecule has 3 N–H and O–H groups in total. The molecule has 0 unspecified atom stereocenters. The highest BCUT2D eigenvalue weighted by Gasteiger charge is 2.16. The van der Waals surface area contributed by atoms with Gasteiger partial charge in [-0.05, 0) is 61.4 Å². The summed E-state index contributed by atoms with van der Waals surface area (Å²) >= 11 is 0. The van der Waals surface area contributed by atoms with Crippen LogP contribution >= 0.6 is 0 Å². The average molecular weight is 475 g/mol. The molecule has 0 bridgehead atoms. The summed E-state index contributed by atoms with van der Waals surface area (Å²) in [6.07, 6.45) is 0.982. The lowest BCUT2D eigenvalue weighted by atomic mass is 10.1. The van der Waals surface area contributed by atoms with Crippen LogP contribution in [0.5, 0.6) is 5.75 Å². The molecule has 2 heterocycles. The summed E-state index contributed by atoms with van der Waals surface area (Å²) in [6, 6.07) is 14.4. The molecule has 4 aromatic rings. The lowest BCUT2D eigenvalue weighted by molar-refractivity contribution is 0.0953. The number of nitrogens with two attached hydrogens (primary N) is 1. The zero-order chi connectivity index (χ0) is 24.8. The zero-order valence-corrected chi connectivity index (χ0v) is 18.9. The number of hydrogen-bond donors (Lipinski definition) is 2. The summed E-state index contributed by atoms with van der Waals surface area (Å²) in [6.45, 7) is 2.24. The summed E-state index contributed by atoms with van der Waals surface area (Å²) in [5, 5.41) is 20.5. The first kappa shape index (κ1) is 23.4. The van der Waals surface area contributed by atoms with Crippen molar-refractivity contribution in [3.05, 3.63) is 82.9 Å². The van der Waals surface area contributed by atoms with Crippen molar-refractivity contribution in [2.75, 3.05) is 12.3 Å². The number of nitriles is 1. The van der Waals surface area contributed by atoms with Gasteiger partial charge in [-0.2, -0.15) is 15.3 Å². The summed E-state index contributed by atoms with van der Waals surface area (Å²) in [4.78, 5) is 16.5. The molecule has 2 aromatic carbocycles. The second kappa shape index (κ2) is 10.5. The molecular weight excluding hydrogens is 453 g/mol. The van der Waals surface area contributed by atoms with Crippen molar-refractivity contribution in [2.45, 2.75) is 26.4 Å². The Morgan fingerprint density at radius 1 is 1.23 bits per heavy atom. The highest BCUT2D eigenvalue weighted by molar-refractivity contribution is 5.94. The number of aryl methyl sites for hydroxylation is 2. The second-order valence-electron chi connectivity index (χ2n) is 7.61. The van der Waals surface area contributed by atoms with Gasteiger partial charge >= 0.3 is 0 Å². The average Bonchev–Trinajstić information content (AvgIpc) is 3.43. The maximum Gasteiger partial charge on any atom is 0.251 e. The molecule has 178 valence electrons. The number of nitrogen functional groups attached to an aromatic ring is 1. The summed E-state index contributed by atoms with van der Waals surface area (Å²) in [5.41, 5.74) is 7.90. The van der Waals surface area contributed by atoms with E-state index in [0.29, 0.717) is 53.8 Å². The minimum absolute atomic E-state index is 0.162. The van der Waals surface area contributed by atoms with Crippen molar-refractivity contribution >= 4 is 11.7 Å². The number of ether oxygens (including phenoxy) is 1. The van der Waals surface area contributed by atoms with Gasteiger partial charge in [0, 0.05) is 19.0 Å². The van der Waals surface area contributed by atoms with Crippen molar-refractivity contribution in [1.29, 1.82) is 5.26 Å². The number of aromatic nitrogens is 4. The Labute approximate surface area is 200 Å². The van der Waals surface area contributed by atoms with Gasteiger partial charge in [0.15, 0.2) is 6.61 Å². The third kappa shape index (κ3) is 5.62. The summed E-state index contributed by atoms with van der Waals surface area (Å²) in [7, 11) is 0. The first-order chi connectivity index (χ1) is 16.9. The fourth-order valence-corrected chi connectivity index (χ4v) is 3.36. The lowest BCUT2D eigenvalue weighted by Crippen LogP contribution is -2.24. The van der Waals surface area contributed by atoms with E-state index >= 15 is 0 Å². The number of anilines is 1. The quantitative estimate of drug-likeness (QED) is 0.351. The molecule has 4 rings (SSSR count). The van der Waals surface area contributed by atoms with E-state index in [9.17, 15) is 14.4 Å². The molecule has 1 amide bonds. The van der Waals surface area contributed by atoms with E-state index < -0.39 is 0 Å². The van der Waals surface area contributed by atoms with Crippen LogP contribution in [0.2, 0.25) is 0 Å². The molecule has 0 radical (unpaired) electrons. The molecule has 0 aliphatic carbocycles. The van der Waals surface area contributed by atoms with Crippen LogP contribution in [0.4, 0.5) is 10.2 Å². The minimum Gasteiger partial charge on any atom is -0.485 e. The van der Waals surface area contributed by atoms with Gasteiger partial charge in [0.05, 0.1) is 11.4 Å². The number of nitrogens with one attached hydrogen (secondary N) is 1. The predicted octanol–water partition coefficient (Wildman–Crippen LogP) is 3.10. The molecule has 0 aliphatic heterocycles. The minimum atomic E-state index is -0.378. The first-order valence-corrected chi connectivity index (χ1v) is 10.8. The van der Waals surface area contributed by atoms with Gasteiger partial charge in [0.2, 0.25) is 11.7 Å². The van der Waals surface area contributed by atoms with Crippen LogP contribution in [-0.2, 0) is 13.0 Å². The number of carbonyl (C=O) groups is 1. The standard InChI is InChI=1S/C24H22FN7O3/c1-15-29-22(31-35-15)14-34-19-10-4-16(5-11-19)24(33)28-12-2-3-21-20(13-26)23(27)32(30-21)18-8-6-17(25)7-9-18/h4-11H,2-3,12,14,27H2,1H3,(H,28,33). The monoisotopic (exact) mass is 475 g/mol. The number of carbonyl (C=O) groups excluding carboxylic acids is 1. The SMILES string of the molecule is Cc1nc(COc2ccc(C(=O)NCCCc3nn(-c4ccc(F)cc4)c(N)c3C#N)cc2)no1. The van der Waals surface area contributed by atoms with Gasteiger partial charge in [0.1, 0.15) is 29.0 Å². The van der Waals surface area contributed by atoms with Gasteiger partial charge in [0.25, 0.3) is 5.91 Å². The Balaban J connectivity index is 1.28. The van der Waals surface area contributed by atoms with Gasteiger partial charge in [-0.1, -0.05) is 5.16 Å². The fraction of sp³-hybridized carbons (Fsp3) is 0.208. The highest BCUT2D eigenvalue weighted by atomic mass is 19.1. The topological polar surface area (TPSA) is 145 Å². The maximum absolute atomic E-state index is 13.2. The van der Waals surface area contributed by atoms with Crippen LogP contribution in [0.15, 0.2) is 53.1 Å². The van der Waals surface area contributed by atoms with E-state index in [1.807, 2.05) is 0 Å². The van der Waals surface area contributed by atoms with Crippen molar-refractivity contribution in [3.63, 3.8) is 0 Å². The van der Waals surface area contributed by atoms with E-state index in [1.54, 1.807) is 31.2 Å². The lowest BCUT2D eigenvalue weighted by Gasteiger charge is -2.07. The third-order valence-corrected chi connectivity index (χ3v) is 5.11. The maximum atomic E-state index is 13.2. The van der Waals surface area contributed by atoms with E-state index in [0.717, 1.165) is 0 Å². The number of amides is 1. The van der Waals surface area contributed by atoms with E-state index in [-0.39, 0.29) is 29.7 Å². The van der Waals surface area contributed by atoms with E-state index in [4.69, 9.17) is 15.0 Å². The van der Waals surface area contributed by atoms with Gasteiger partial charge < -0.3 is 20.3 Å². The zero-order valence-electron chi connectivity index (χ0n) is 18.9. The van der Waals surface area contributed by atoms with Crippen LogP contribution in [0, 0.1) is 24.1 Å². The molecule has 10 nitrogen and oxygen atoms in total. The molecule has 0 fully saturated rings. The number of nitrogens with zero attached hydrogens (tertiary/aromatic N) is 5. The Morgan fingerprint density at radius 2 is 1.97 bits per heavy atom. The fourth-order valence-electron chi connectivity index (χ4n) is 3.36. The summed E-state index contributed by atoms with van der Waals surface area (Å²) in [5.74, 6) is 1.05. The molecule has 11 heteroatoms. The number of benzene rings is 2. The van der Waals surface area contributed by atoms with Crippen molar-refractivity contribution in [3.8, 4) is 17.5 Å². The van der Waals surface area contributed by atoms with Crippen LogP contribution in [0.1, 0.15) is 39.8 Å². The van der Waals surface area contributed by atoms with Gasteiger partial charge in [-0.3, -0.25) is 4.79 Å². The second-order valence-corrected chi connectivity index (χ2v) is 7.61. The molecule has 2 aromatic heterocycles. The van der Waals surface area contributed by atoms with Gasteiger partial charge in [-0.25, -0.2) is 9.07 Å². The highest BCUT2D eigenvalue weighted by Crippen LogP contribution is 2.22. The molecule has 0 spiro atoms. The van der Waals surface area contributed by atoms with Gasteiger partial charge in [-0.15, -0.1) is 0 Å². The Morgan fingerprint density at radius 3 is 2.63 bits per heavy atom. The largest absolute Gasteiger partial charge is 0.485 e. The molecule has 0 atom stereocenters. The van der Waals surface area contributed by atoms with Crippen LogP contribution in [0.3, 0.4) is 0 Å². The molecular formula is C24H22FN7O3. The van der Waals surface area contributed by atoms with E-state index in [1.165, 1.54) is 28.9 Å². The van der Waals surface area contributed by atoms with Crippen LogP contribution < -0.4 is 15.8 Å². The van der Waals surface area contributed by atoms with Crippen molar-refractivity contribution in [1.82, 2.24) is 25.2 Å². The summed E-state index contributed by atoms with van der Waals surface area (Å²) < 4.78 is 25.1. The Hall–Kier alpha value is -4.72. The number of halogens is 1. The Kier molecular flexibility index (Phi) is 7.02. The smallest absolute Gasteiger partial charge is 0.251 e. The third-order valence-electron chi connectivity index (χ3n) is 5.11. The normalized spacial score (nSPS) is 10.7. The number of rotatable bonds is 9. The van der Waals surface area contributed by atoms with Crippen molar-refractivity contribution in [2.24, 2.45) is 0 Å². The van der Waals surface area contributed by atoms with Crippen molar-refractivity contribution < 1.29 is 18.4 Å². The van der Waals surface area contributed by atoms with Crippen LogP contribution in [0.25, 0.3) is 5.69 Å². The molecule has 35 heavy (non-hydrogen) atoms. The van der Waals surface area contributed by atoms with Crippen LogP contribution in [-0.4, -0.2) is 32.4 Å². The predicted molar refractivity (Wildman–Crippen MR) is 123 cm³/mol. The molecule has 0 saturated carbocycles. The first-order valence-electron chi connectivity index (χ1n) is 10.8. The number of hydrogen-bond acceptors (Lipinski definition) is 8. The Bertz CT molecular complexity index is 1360. The van der Waals surface area contributed by atoms with E-state index in [2.05, 4.69) is 26.6 Å².